The molecule has 0 amide bonds. The summed E-state index contributed by atoms with van der Waals surface area (Å²) >= 11 is 0. The van der Waals surface area contributed by atoms with Crippen LogP contribution in [-0.2, 0) is 6.42 Å². The summed E-state index contributed by atoms with van der Waals surface area (Å²) in [5, 5.41) is 0. The van der Waals surface area contributed by atoms with Crippen LogP contribution in [0.25, 0.3) is 0 Å². The number of methoxy groups -OCH3 is 1. The number of hydrogen-bond donors (Lipinski definition) is 1. The summed E-state index contributed by atoms with van der Waals surface area (Å²) < 4.78 is 5.40. The van der Waals surface area contributed by atoms with Gasteiger partial charge in [0.2, 0.25) is 0 Å². The van der Waals surface area contributed by atoms with Gasteiger partial charge in [0.25, 0.3) is 0 Å². The van der Waals surface area contributed by atoms with Gasteiger partial charge >= 0.3 is 0 Å². The van der Waals surface area contributed by atoms with E-state index >= 15 is 0 Å². The maximum Gasteiger partial charge on any atom is 0.142 e. The van der Waals surface area contributed by atoms with Crippen LogP contribution in [0.2, 0.25) is 0 Å². The molecule has 2 N–H and O–H groups in total. The summed E-state index contributed by atoms with van der Waals surface area (Å²) in [4.78, 5) is 0. The van der Waals surface area contributed by atoms with Crippen molar-refractivity contribution in [3.05, 3.63) is 59.7 Å². The molecule has 0 heterocycles. The van der Waals surface area contributed by atoms with Crippen LogP contribution in [0.4, 0.5) is 5.69 Å². The molecule has 0 bridgehead atoms. The van der Waals surface area contributed by atoms with Crippen LogP contribution in [0, 0.1) is 5.41 Å². The molecular formula is C21H29NO. The predicted molar refractivity (Wildman–Crippen MR) is 99.0 cm³/mol. The summed E-state index contributed by atoms with van der Waals surface area (Å²) in [5.74, 6) is 1.28. The lowest BCUT2D eigenvalue weighted by molar-refractivity contribution is 0.330. The Morgan fingerprint density at radius 3 is 2.35 bits per heavy atom. The van der Waals surface area contributed by atoms with Crippen molar-refractivity contribution in [1.82, 2.24) is 0 Å². The first kappa shape index (κ1) is 17.4. The molecule has 0 fully saturated rings. The average Bonchev–Trinajstić information content (AvgIpc) is 2.52. The van der Waals surface area contributed by atoms with E-state index in [9.17, 15) is 0 Å². The first-order valence-electron chi connectivity index (χ1n) is 8.36. The molecule has 124 valence electrons. The Bertz CT molecular complexity index is 613. The molecule has 0 aliphatic rings. The van der Waals surface area contributed by atoms with E-state index in [-0.39, 0.29) is 5.41 Å². The summed E-state index contributed by atoms with van der Waals surface area (Å²) in [6.45, 7) is 6.91. The summed E-state index contributed by atoms with van der Waals surface area (Å²) in [6, 6.07) is 16.9. The molecule has 0 aromatic heterocycles. The zero-order valence-corrected chi connectivity index (χ0v) is 14.8. The summed E-state index contributed by atoms with van der Waals surface area (Å²) in [5.41, 5.74) is 9.68. The zero-order valence-electron chi connectivity index (χ0n) is 14.8. The molecule has 2 nitrogen and oxygen atoms in total. The van der Waals surface area contributed by atoms with Crippen LogP contribution >= 0.6 is 0 Å². The van der Waals surface area contributed by atoms with Crippen LogP contribution in [0.15, 0.2) is 48.5 Å². The highest BCUT2D eigenvalue weighted by molar-refractivity contribution is 5.54. The largest absolute Gasteiger partial charge is 0.495 e. The average molecular weight is 311 g/mol. The minimum Gasteiger partial charge on any atom is -0.495 e. The van der Waals surface area contributed by atoms with Crippen molar-refractivity contribution >= 4 is 5.69 Å². The van der Waals surface area contributed by atoms with E-state index in [2.05, 4.69) is 63.2 Å². The number of ether oxygens (including phenoxy) is 1. The quantitative estimate of drug-likeness (QED) is 0.722. The zero-order chi connectivity index (χ0) is 16.9. The highest BCUT2D eigenvalue weighted by Crippen LogP contribution is 2.36. The maximum atomic E-state index is 5.97. The minimum atomic E-state index is 0.288. The number of hydrogen-bond acceptors (Lipinski definition) is 2. The fraction of sp³-hybridized carbons (Fsp3) is 0.429. The van der Waals surface area contributed by atoms with Crippen molar-refractivity contribution in [2.24, 2.45) is 5.41 Å². The Hall–Kier alpha value is -1.96. The number of aryl methyl sites for hydroxylation is 1. The van der Waals surface area contributed by atoms with Crippen LogP contribution < -0.4 is 10.5 Å². The number of nitrogens with two attached hydrogens (primary N) is 1. The van der Waals surface area contributed by atoms with Gasteiger partial charge < -0.3 is 10.5 Å². The van der Waals surface area contributed by atoms with Crippen molar-refractivity contribution < 1.29 is 4.74 Å². The standard InChI is InChI=1S/C21H29NO/c1-21(2,3)15-18(11-10-16-8-6-5-7-9-16)17-12-13-19(22)20(14-17)23-4/h5-9,12-14,18H,10-11,15,22H2,1-4H3. The highest BCUT2D eigenvalue weighted by Gasteiger charge is 2.21. The Labute approximate surface area is 140 Å². The van der Waals surface area contributed by atoms with Gasteiger partial charge in [-0.25, -0.2) is 0 Å². The lowest BCUT2D eigenvalue weighted by atomic mass is 9.79. The highest BCUT2D eigenvalue weighted by atomic mass is 16.5. The second-order valence-corrected chi connectivity index (χ2v) is 7.49. The number of benzene rings is 2. The minimum absolute atomic E-state index is 0.288. The number of nitrogen functional groups attached to an aromatic ring is 1. The van der Waals surface area contributed by atoms with Crippen molar-refractivity contribution in [3.8, 4) is 5.75 Å². The molecular weight excluding hydrogens is 282 g/mol. The Balaban J connectivity index is 2.20. The smallest absolute Gasteiger partial charge is 0.142 e. The second-order valence-electron chi connectivity index (χ2n) is 7.49. The summed E-state index contributed by atoms with van der Waals surface area (Å²) in [6.07, 6.45) is 3.37. The van der Waals surface area contributed by atoms with Gasteiger partial charge in [-0.3, -0.25) is 0 Å². The lowest BCUT2D eigenvalue weighted by Gasteiger charge is -2.27. The molecule has 0 aliphatic heterocycles. The van der Waals surface area contributed by atoms with Gasteiger partial charge in [0.05, 0.1) is 12.8 Å². The molecule has 23 heavy (non-hydrogen) atoms. The SMILES string of the molecule is COc1cc(C(CCc2ccccc2)CC(C)(C)C)ccc1N. The Kier molecular flexibility index (Phi) is 5.70. The predicted octanol–water partition coefficient (Wildman–Crippen LogP) is 5.43. The fourth-order valence-electron chi connectivity index (χ4n) is 3.09. The number of anilines is 1. The van der Waals surface area contributed by atoms with Gasteiger partial charge in [0.15, 0.2) is 0 Å². The van der Waals surface area contributed by atoms with Crippen molar-refractivity contribution in [2.45, 2.75) is 46.0 Å². The van der Waals surface area contributed by atoms with Crippen molar-refractivity contribution in [1.29, 1.82) is 0 Å². The first-order valence-corrected chi connectivity index (χ1v) is 8.36. The molecule has 2 aromatic rings. The van der Waals surface area contributed by atoms with E-state index in [0.29, 0.717) is 11.6 Å². The van der Waals surface area contributed by atoms with E-state index in [1.807, 2.05) is 6.07 Å². The van der Waals surface area contributed by atoms with Crippen LogP contribution in [-0.4, -0.2) is 7.11 Å². The second kappa shape index (κ2) is 7.54. The van der Waals surface area contributed by atoms with E-state index in [4.69, 9.17) is 10.5 Å². The van der Waals surface area contributed by atoms with E-state index < -0.39 is 0 Å². The molecule has 0 spiro atoms. The Morgan fingerprint density at radius 2 is 1.74 bits per heavy atom. The molecule has 0 saturated heterocycles. The molecule has 0 saturated carbocycles. The maximum absolute atomic E-state index is 5.97. The third kappa shape index (κ3) is 5.31. The van der Waals surface area contributed by atoms with Gasteiger partial charge in [-0.15, -0.1) is 0 Å². The van der Waals surface area contributed by atoms with Crippen LogP contribution in [0.3, 0.4) is 0 Å². The molecule has 2 rings (SSSR count). The van der Waals surface area contributed by atoms with Crippen molar-refractivity contribution in [2.75, 3.05) is 12.8 Å². The number of rotatable bonds is 6. The van der Waals surface area contributed by atoms with Gasteiger partial charge in [-0.05, 0) is 53.9 Å². The van der Waals surface area contributed by atoms with E-state index in [1.165, 1.54) is 11.1 Å². The van der Waals surface area contributed by atoms with Gasteiger partial charge in [-0.1, -0.05) is 57.2 Å². The third-order valence-corrected chi connectivity index (χ3v) is 4.21. The monoisotopic (exact) mass is 311 g/mol. The normalized spacial score (nSPS) is 12.9. The van der Waals surface area contributed by atoms with Gasteiger partial charge in [0.1, 0.15) is 5.75 Å². The van der Waals surface area contributed by atoms with Gasteiger partial charge in [0, 0.05) is 0 Å². The van der Waals surface area contributed by atoms with Crippen LogP contribution in [0.5, 0.6) is 5.75 Å². The molecule has 0 aliphatic carbocycles. The topological polar surface area (TPSA) is 35.2 Å². The van der Waals surface area contributed by atoms with Crippen LogP contribution in [0.1, 0.15) is 50.7 Å². The Morgan fingerprint density at radius 1 is 1.04 bits per heavy atom. The van der Waals surface area contributed by atoms with E-state index in [1.54, 1.807) is 7.11 Å². The lowest BCUT2D eigenvalue weighted by Crippen LogP contribution is -2.13. The molecule has 2 heteroatoms. The van der Waals surface area contributed by atoms with Gasteiger partial charge in [-0.2, -0.15) is 0 Å². The van der Waals surface area contributed by atoms with Crippen molar-refractivity contribution in [3.63, 3.8) is 0 Å². The fourth-order valence-corrected chi connectivity index (χ4v) is 3.09. The third-order valence-electron chi connectivity index (χ3n) is 4.21. The molecule has 2 aromatic carbocycles. The first-order chi connectivity index (χ1) is 10.9. The van der Waals surface area contributed by atoms with E-state index in [0.717, 1.165) is 25.0 Å². The molecule has 1 atom stereocenters. The molecule has 0 radical (unpaired) electrons. The molecule has 1 unspecified atom stereocenters. The summed E-state index contributed by atoms with van der Waals surface area (Å²) in [7, 11) is 1.68.